The smallest absolute Gasteiger partial charge is 0.286 e. The van der Waals surface area contributed by atoms with Crippen LogP contribution in [-0.2, 0) is 11.2 Å². The van der Waals surface area contributed by atoms with Gasteiger partial charge in [-0.3, -0.25) is 9.78 Å². The number of amides is 1. The van der Waals surface area contributed by atoms with Gasteiger partial charge < -0.3 is 10.2 Å². The Kier molecular flexibility index (Phi) is 6.57. The van der Waals surface area contributed by atoms with Crippen molar-refractivity contribution in [1.29, 1.82) is 0 Å². The van der Waals surface area contributed by atoms with E-state index in [1.807, 2.05) is 38.5 Å². The van der Waals surface area contributed by atoms with Crippen molar-refractivity contribution in [3.05, 3.63) is 68.8 Å². The third-order valence-corrected chi connectivity index (χ3v) is 6.07. The molecule has 0 atom stereocenters. The Bertz CT molecular complexity index is 1210. The van der Waals surface area contributed by atoms with E-state index in [-0.39, 0.29) is 5.91 Å². The number of benzene rings is 2. The summed E-state index contributed by atoms with van der Waals surface area (Å²) in [5.74, 6) is -0.318. The summed E-state index contributed by atoms with van der Waals surface area (Å²) >= 11 is 13.6. The molecule has 0 radical (unpaired) electrons. The topological polar surface area (TPSA) is 70.5 Å². The number of hydrogen-bond donors (Lipinski definition) is 1. The van der Waals surface area contributed by atoms with E-state index >= 15 is 0 Å². The van der Waals surface area contributed by atoms with Crippen LogP contribution < -0.4 is 5.32 Å². The molecule has 4 rings (SSSR count). The molecule has 2 heterocycles. The summed E-state index contributed by atoms with van der Waals surface area (Å²) in [5, 5.41) is 4.39. The van der Waals surface area contributed by atoms with Crippen molar-refractivity contribution in [2.45, 2.75) is 6.42 Å². The van der Waals surface area contributed by atoms with Crippen LogP contribution in [0.2, 0.25) is 10.0 Å². The van der Waals surface area contributed by atoms with Gasteiger partial charge in [-0.2, -0.15) is 4.99 Å². The van der Waals surface area contributed by atoms with Gasteiger partial charge in [0, 0.05) is 19.2 Å². The van der Waals surface area contributed by atoms with E-state index in [4.69, 9.17) is 28.2 Å². The Morgan fingerprint density at radius 1 is 1.13 bits per heavy atom. The lowest BCUT2D eigenvalue weighted by atomic mass is 10.1. The maximum Gasteiger partial charge on any atom is 0.286 e. The number of likely N-dealkylation sites (N-methyl/N-ethyl adjacent to an activating group) is 1. The second-order valence-electron chi connectivity index (χ2n) is 7.22. The Hall–Kier alpha value is -2.45. The lowest BCUT2D eigenvalue weighted by Gasteiger charge is -2.09. The standard InChI is InChI=1S/C22H19Cl2N5OS/c1-29(2)9-8-14-12-25-17-7-6-13(10-18(17)26-14)11-19-21(30)28-22(31-19)27-20-15(23)4-3-5-16(20)24/h3-7,10-12H,8-9H2,1-2H3,(H,27,28,30). The number of para-hydroxylation sites is 1. The second-order valence-corrected chi connectivity index (χ2v) is 9.06. The van der Waals surface area contributed by atoms with Crippen LogP contribution in [0.4, 0.5) is 5.69 Å². The molecule has 1 aromatic heterocycles. The largest absolute Gasteiger partial charge is 0.332 e. The normalized spacial score (nSPS) is 15.2. The first-order chi connectivity index (χ1) is 14.9. The summed E-state index contributed by atoms with van der Waals surface area (Å²) in [7, 11) is 4.06. The molecule has 0 spiro atoms. The fourth-order valence-electron chi connectivity index (χ4n) is 2.95. The fraction of sp³-hybridized carbons (Fsp3) is 0.182. The average molecular weight is 472 g/mol. The number of fused-ring (bicyclic) bond motifs is 1. The van der Waals surface area contributed by atoms with Crippen LogP contribution in [0.5, 0.6) is 0 Å². The molecule has 158 valence electrons. The van der Waals surface area contributed by atoms with Gasteiger partial charge in [-0.05, 0) is 61.8 Å². The summed E-state index contributed by atoms with van der Waals surface area (Å²) in [6.45, 7) is 0.900. The minimum atomic E-state index is -0.318. The molecule has 0 unspecified atom stereocenters. The number of hydrogen-bond acceptors (Lipinski definition) is 6. The molecule has 1 N–H and O–H groups in total. The Morgan fingerprint density at radius 3 is 2.65 bits per heavy atom. The molecule has 2 aromatic carbocycles. The molecule has 3 aromatic rings. The molecule has 0 bridgehead atoms. The van der Waals surface area contributed by atoms with E-state index in [0.717, 1.165) is 35.3 Å². The van der Waals surface area contributed by atoms with Gasteiger partial charge in [-0.25, -0.2) is 4.98 Å². The number of carbonyl (C=O) groups excluding carboxylic acids is 1. The molecule has 1 aliphatic rings. The highest BCUT2D eigenvalue weighted by molar-refractivity contribution is 8.18. The quantitative estimate of drug-likeness (QED) is 0.520. The maximum atomic E-state index is 12.4. The van der Waals surface area contributed by atoms with Gasteiger partial charge in [0.05, 0.1) is 37.4 Å². The Morgan fingerprint density at radius 2 is 1.90 bits per heavy atom. The van der Waals surface area contributed by atoms with Crippen LogP contribution in [0, 0.1) is 0 Å². The zero-order chi connectivity index (χ0) is 22.0. The molecule has 0 aliphatic carbocycles. The zero-order valence-corrected chi connectivity index (χ0v) is 19.2. The number of carbonyl (C=O) groups is 1. The molecule has 1 aliphatic heterocycles. The number of halogens is 2. The lowest BCUT2D eigenvalue weighted by Crippen LogP contribution is -2.15. The van der Waals surface area contributed by atoms with Crippen LogP contribution >= 0.6 is 35.0 Å². The molecular formula is C22H19Cl2N5OS. The van der Waals surface area contributed by atoms with Crippen molar-refractivity contribution >= 4 is 68.8 Å². The van der Waals surface area contributed by atoms with E-state index in [0.29, 0.717) is 25.8 Å². The minimum absolute atomic E-state index is 0.318. The number of nitrogens with one attached hydrogen (secondary N) is 1. The van der Waals surface area contributed by atoms with Crippen LogP contribution in [0.3, 0.4) is 0 Å². The number of anilines is 1. The Labute approximate surface area is 194 Å². The number of aliphatic imine (C=N–C) groups is 1. The molecule has 31 heavy (non-hydrogen) atoms. The number of aromatic nitrogens is 2. The zero-order valence-electron chi connectivity index (χ0n) is 16.9. The van der Waals surface area contributed by atoms with Gasteiger partial charge in [-0.15, -0.1) is 0 Å². The van der Waals surface area contributed by atoms with E-state index in [1.165, 1.54) is 11.8 Å². The van der Waals surface area contributed by atoms with Gasteiger partial charge in [0.2, 0.25) is 0 Å². The summed E-state index contributed by atoms with van der Waals surface area (Å²) in [5.41, 5.74) is 3.92. The monoisotopic (exact) mass is 471 g/mol. The minimum Gasteiger partial charge on any atom is -0.332 e. The van der Waals surface area contributed by atoms with Crippen LogP contribution in [0.25, 0.3) is 17.1 Å². The van der Waals surface area contributed by atoms with Gasteiger partial charge in [0.1, 0.15) is 0 Å². The van der Waals surface area contributed by atoms with Gasteiger partial charge in [0.15, 0.2) is 5.17 Å². The van der Waals surface area contributed by atoms with Crippen molar-refractivity contribution in [3.8, 4) is 0 Å². The number of nitrogens with zero attached hydrogens (tertiary/aromatic N) is 4. The SMILES string of the molecule is CN(C)CCc1cnc2ccc(C=C3SC(Nc4c(Cl)cccc4Cl)=NC3=O)cc2n1. The van der Waals surface area contributed by atoms with E-state index < -0.39 is 0 Å². The van der Waals surface area contributed by atoms with Crippen molar-refractivity contribution in [3.63, 3.8) is 0 Å². The predicted molar refractivity (Wildman–Crippen MR) is 130 cm³/mol. The number of thioether (sulfide) groups is 1. The molecular weight excluding hydrogens is 453 g/mol. The summed E-state index contributed by atoms with van der Waals surface area (Å²) in [4.78, 5) is 28.3. The first kappa shape index (κ1) is 21.8. The van der Waals surface area contributed by atoms with Crippen molar-refractivity contribution < 1.29 is 4.79 Å². The molecule has 0 fully saturated rings. The Balaban J connectivity index is 1.53. The first-order valence-corrected chi connectivity index (χ1v) is 11.1. The molecule has 0 saturated heterocycles. The predicted octanol–water partition coefficient (Wildman–Crippen LogP) is 5.12. The van der Waals surface area contributed by atoms with Crippen LogP contribution in [0.1, 0.15) is 11.3 Å². The molecule has 0 saturated carbocycles. The molecule has 9 heteroatoms. The fourth-order valence-corrected chi connectivity index (χ4v) is 4.26. The first-order valence-electron chi connectivity index (χ1n) is 9.53. The highest BCUT2D eigenvalue weighted by atomic mass is 35.5. The van der Waals surface area contributed by atoms with Crippen molar-refractivity contribution in [2.24, 2.45) is 4.99 Å². The average Bonchev–Trinajstić information content (AvgIpc) is 3.08. The van der Waals surface area contributed by atoms with Crippen molar-refractivity contribution in [1.82, 2.24) is 14.9 Å². The summed E-state index contributed by atoms with van der Waals surface area (Å²) < 4.78 is 0. The van der Waals surface area contributed by atoms with E-state index in [9.17, 15) is 4.79 Å². The summed E-state index contributed by atoms with van der Waals surface area (Å²) in [6, 6.07) is 10.9. The summed E-state index contributed by atoms with van der Waals surface area (Å²) in [6.07, 6.45) is 4.43. The van der Waals surface area contributed by atoms with Crippen LogP contribution in [0.15, 0.2) is 52.5 Å². The second kappa shape index (κ2) is 9.36. The van der Waals surface area contributed by atoms with Crippen molar-refractivity contribution in [2.75, 3.05) is 26.0 Å². The number of amidine groups is 1. The third-order valence-electron chi connectivity index (χ3n) is 4.54. The molecule has 1 amide bonds. The highest BCUT2D eigenvalue weighted by Gasteiger charge is 2.23. The van der Waals surface area contributed by atoms with E-state index in [1.54, 1.807) is 24.3 Å². The third kappa shape index (κ3) is 5.25. The number of rotatable bonds is 5. The maximum absolute atomic E-state index is 12.4. The van der Waals surface area contributed by atoms with E-state index in [2.05, 4.69) is 20.2 Å². The highest BCUT2D eigenvalue weighted by Crippen LogP contribution is 2.34. The van der Waals surface area contributed by atoms with Crippen LogP contribution in [-0.4, -0.2) is 46.6 Å². The van der Waals surface area contributed by atoms with Gasteiger partial charge in [0.25, 0.3) is 5.91 Å². The lowest BCUT2D eigenvalue weighted by molar-refractivity contribution is -0.113. The van der Waals surface area contributed by atoms with Gasteiger partial charge in [-0.1, -0.05) is 35.3 Å². The van der Waals surface area contributed by atoms with Gasteiger partial charge >= 0.3 is 0 Å². The molecule has 6 nitrogen and oxygen atoms in total.